The molecule has 0 saturated carbocycles. The third-order valence-electron chi connectivity index (χ3n) is 3.40. The van der Waals surface area contributed by atoms with E-state index in [-0.39, 0.29) is 0 Å². The van der Waals surface area contributed by atoms with Crippen molar-refractivity contribution in [2.45, 2.75) is 6.54 Å². The first-order valence-electron chi connectivity index (χ1n) is 6.06. The molecule has 0 saturated heterocycles. The van der Waals surface area contributed by atoms with E-state index in [1.807, 2.05) is 18.2 Å². The van der Waals surface area contributed by atoms with E-state index in [2.05, 4.69) is 31.7 Å². The molecule has 0 fully saturated rings. The average Bonchev–Trinajstić information content (AvgIpc) is 2.71. The Labute approximate surface area is 109 Å². The van der Waals surface area contributed by atoms with Crippen molar-refractivity contribution in [1.29, 1.82) is 0 Å². The van der Waals surface area contributed by atoms with Crippen molar-refractivity contribution in [3.8, 4) is 11.3 Å². The molecular weight excluding hydrogens is 238 g/mol. The summed E-state index contributed by atoms with van der Waals surface area (Å²) in [5.74, 6) is 0.514. The molecule has 4 rings (SSSR count). The normalized spacial score (nSPS) is 13.1. The Hall–Kier alpha value is -2.69. The van der Waals surface area contributed by atoms with E-state index in [1.165, 1.54) is 6.33 Å². The Kier molecular flexibility index (Phi) is 1.97. The van der Waals surface area contributed by atoms with Crippen LogP contribution < -0.4 is 5.73 Å². The third-order valence-corrected chi connectivity index (χ3v) is 3.40. The van der Waals surface area contributed by atoms with Gasteiger partial charge in [0.1, 0.15) is 17.8 Å². The van der Waals surface area contributed by atoms with Gasteiger partial charge in [-0.15, -0.1) is 0 Å². The molecule has 1 aliphatic rings. The van der Waals surface area contributed by atoms with E-state index < -0.39 is 0 Å². The molecule has 19 heavy (non-hydrogen) atoms. The highest BCUT2D eigenvalue weighted by molar-refractivity contribution is 5.92. The molecular formula is C14H11N5. The number of rotatable bonds is 0. The van der Waals surface area contributed by atoms with Gasteiger partial charge in [-0.05, 0) is 24.3 Å². The number of nitrogens with two attached hydrogens (primary N) is 1. The SMILES string of the molecule is Nc1ncnc2c1cc1n2CC=Cc2ncccc2-1. The van der Waals surface area contributed by atoms with Crippen LogP contribution in [0.25, 0.3) is 28.4 Å². The summed E-state index contributed by atoms with van der Waals surface area (Å²) in [6.45, 7) is 0.756. The van der Waals surface area contributed by atoms with Crippen LogP contribution in [0.5, 0.6) is 0 Å². The molecule has 5 nitrogen and oxygen atoms in total. The standard InChI is InChI=1S/C14H11N5/c15-13-10-7-12-9-3-1-5-16-11(9)4-2-6-19(12)14(10)18-8-17-13/h1-5,7-8H,6H2,(H2,15,17,18). The van der Waals surface area contributed by atoms with Gasteiger partial charge in [0, 0.05) is 18.3 Å². The van der Waals surface area contributed by atoms with E-state index in [0.717, 1.165) is 34.5 Å². The lowest BCUT2D eigenvalue weighted by molar-refractivity contribution is 0.862. The van der Waals surface area contributed by atoms with E-state index in [0.29, 0.717) is 5.82 Å². The molecule has 3 aromatic heterocycles. The number of nitrogen functional groups attached to an aromatic ring is 1. The van der Waals surface area contributed by atoms with Crippen LogP contribution in [0.4, 0.5) is 5.82 Å². The predicted molar refractivity (Wildman–Crippen MR) is 74.2 cm³/mol. The molecule has 3 aromatic rings. The van der Waals surface area contributed by atoms with Gasteiger partial charge in [-0.1, -0.05) is 6.08 Å². The van der Waals surface area contributed by atoms with Crippen LogP contribution in [0.2, 0.25) is 0 Å². The topological polar surface area (TPSA) is 69.6 Å². The van der Waals surface area contributed by atoms with Crippen LogP contribution in [0.3, 0.4) is 0 Å². The largest absolute Gasteiger partial charge is 0.383 e. The second-order valence-corrected chi connectivity index (χ2v) is 4.47. The number of nitrogens with zero attached hydrogens (tertiary/aromatic N) is 4. The van der Waals surface area contributed by atoms with Crippen LogP contribution in [-0.4, -0.2) is 19.5 Å². The van der Waals surface area contributed by atoms with Crippen LogP contribution >= 0.6 is 0 Å². The smallest absolute Gasteiger partial charge is 0.146 e. The van der Waals surface area contributed by atoms with Gasteiger partial charge in [0.25, 0.3) is 0 Å². The van der Waals surface area contributed by atoms with E-state index in [1.54, 1.807) is 6.20 Å². The summed E-state index contributed by atoms with van der Waals surface area (Å²) in [6, 6.07) is 6.04. The molecule has 0 aromatic carbocycles. The summed E-state index contributed by atoms with van der Waals surface area (Å²) in [5.41, 5.74) is 9.93. The first-order chi connectivity index (χ1) is 9.34. The van der Waals surface area contributed by atoms with Gasteiger partial charge in [0.2, 0.25) is 0 Å². The molecule has 0 atom stereocenters. The third kappa shape index (κ3) is 1.38. The van der Waals surface area contributed by atoms with Crippen molar-refractivity contribution < 1.29 is 0 Å². The van der Waals surface area contributed by atoms with Crippen molar-refractivity contribution in [3.63, 3.8) is 0 Å². The zero-order valence-electron chi connectivity index (χ0n) is 10.1. The molecule has 92 valence electrons. The Morgan fingerprint density at radius 2 is 2.16 bits per heavy atom. The molecule has 2 N–H and O–H groups in total. The number of hydrogen-bond acceptors (Lipinski definition) is 4. The zero-order chi connectivity index (χ0) is 12.8. The van der Waals surface area contributed by atoms with E-state index >= 15 is 0 Å². The summed E-state index contributed by atoms with van der Waals surface area (Å²) >= 11 is 0. The van der Waals surface area contributed by atoms with Crippen LogP contribution in [0.15, 0.2) is 36.8 Å². The Morgan fingerprint density at radius 1 is 1.21 bits per heavy atom. The maximum atomic E-state index is 5.93. The number of aromatic nitrogens is 4. The Morgan fingerprint density at radius 3 is 3.11 bits per heavy atom. The molecule has 0 amide bonds. The Bertz CT molecular complexity index is 816. The number of fused-ring (bicyclic) bond motifs is 5. The summed E-state index contributed by atoms with van der Waals surface area (Å²) in [7, 11) is 0. The van der Waals surface area contributed by atoms with Crippen molar-refractivity contribution in [2.24, 2.45) is 0 Å². The molecule has 0 bridgehead atoms. The second kappa shape index (κ2) is 3.65. The Balaban J connectivity index is 2.14. The fourth-order valence-electron chi connectivity index (χ4n) is 2.53. The van der Waals surface area contributed by atoms with E-state index in [4.69, 9.17) is 5.73 Å². The van der Waals surface area contributed by atoms with E-state index in [9.17, 15) is 0 Å². The number of allylic oxidation sites excluding steroid dienone is 1. The van der Waals surface area contributed by atoms with Gasteiger partial charge in [-0.25, -0.2) is 9.97 Å². The van der Waals surface area contributed by atoms with Crippen molar-refractivity contribution in [3.05, 3.63) is 42.5 Å². The minimum atomic E-state index is 0.514. The van der Waals surface area contributed by atoms with Crippen LogP contribution in [0, 0.1) is 0 Å². The lowest BCUT2D eigenvalue weighted by Crippen LogP contribution is -1.99. The number of anilines is 1. The molecule has 0 aliphatic carbocycles. The monoisotopic (exact) mass is 249 g/mol. The summed E-state index contributed by atoms with van der Waals surface area (Å²) in [4.78, 5) is 12.8. The van der Waals surface area contributed by atoms with Gasteiger partial charge >= 0.3 is 0 Å². The van der Waals surface area contributed by atoms with Gasteiger partial charge in [0.05, 0.1) is 16.8 Å². The predicted octanol–water partition coefficient (Wildman–Crippen LogP) is 2.10. The number of pyridine rings is 1. The second-order valence-electron chi connectivity index (χ2n) is 4.47. The lowest BCUT2D eigenvalue weighted by atomic mass is 10.1. The molecule has 0 radical (unpaired) electrons. The highest BCUT2D eigenvalue weighted by atomic mass is 15.1. The zero-order valence-corrected chi connectivity index (χ0v) is 10.1. The average molecular weight is 249 g/mol. The minimum absolute atomic E-state index is 0.514. The van der Waals surface area contributed by atoms with Gasteiger partial charge < -0.3 is 10.3 Å². The summed E-state index contributed by atoms with van der Waals surface area (Å²) in [5, 5.41) is 0.891. The fourth-order valence-corrected chi connectivity index (χ4v) is 2.53. The molecule has 0 unspecified atom stereocenters. The molecule has 4 heterocycles. The number of hydrogen-bond donors (Lipinski definition) is 1. The first kappa shape index (κ1) is 10.3. The maximum absolute atomic E-state index is 5.93. The lowest BCUT2D eigenvalue weighted by Gasteiger charge is -2.06. The van der Waals surface area contributed by atoms with Crippen LogP contribution in [-0.2, 0) is 6.54 Å². The molecule has 1 aliphatic heterocycles. The highest BCUT2D eigenvalue weighted by Crippen LogP contribution is 2.32. The van der Waals surface area contributed by atoms with Gasteiger partial charge in [-0.3, -0.25) is 4.98 Å². The highest BCUT2D eigenvalue weighted by Gasteiger charge is 2.17. The van der Waals surface area contributed by atoms with Gasteiger partial charge in [0.15, 0.2) is 0 Å². The molecule has 0 spiro atoms. The minimum Gasteiger partial charge on any atom is -0.383 e. The maximum Gasteiger partial charge on any atom is 0.146 e. The van der Waals surface area contributed by atoms with Crippen LogP contribution in [0.1, 0.15) is 5.69 Å². The first-order valence-corrected chi connectivity index (χ1v) is 6.06. The van der Waals surface area contributed by atoms with Gasteiger partial charge in [-0.2, -0.15) is 0 Å². The van der Waals surface area contributed by atoms with Crippen molar-refractivity contribution >= 4 is 22.9 Å². The quantitative estimate of drug-likeness (QED) is 0.662. The summed E-state index contributed by atoms with van der Waals surface area (Å²) in [6.07, 6.45) is 7.43. The summed E-state index contributed by atoms with van der Waals surface area (Å²) < 4.78 is 2.14. The van der Waals surface area contributed by atoms with Crippen molar-refractivity contribution in [2.75, 3.05) is 5.73 Å². The van der Waals surface area contributed by atoms with Crippen molar-refractivity contribution in [1.82, 2.24) is 19.5 Å². The molecule has 5 heteroatoms. The fraction of sp³-hybridized carbons (Fsp3) is 0.0714.